The van der Waals surface area contributed by atoms with Crippen molar-refractivity contribution in [1.29, 1.82) is 0 Å². The molecule has 94 valence electrons. The van der Waals surface area contributed by atoms with E-state index in [4.69, 9.17) is 5.73 Å². The molecule has 1 heterocycles. The summed E-state index contributed by atoms with van der Waals surface area (Å²) in [5.74, 6) is 0.0902. The molecule has 0 aromatic carbocycles. The van der Waals surface area contributed by atoms with E-state index in [2.05, 4.69) is 5.32 Å². The van der Waals surface area contributed by atoms with Crippen molar-refractivity contribution >= 4 is 15.9 Å². The highest BCUT2D eigenvalue weighted by Crippen LogP contribution is 2.11. The molecule has 1 fully saturated rings. The van der Waals surface area contributed by atoms with Gasteiger partial charge >= 0.3 is 0 Å². The zero-order chi connectivity index (χ0) is 12.2. The van der Waals surface area contributed by atoms with E-state index in [1.54, 1.807) is 6.92 Å². The fourth-order valence-electron chi connectivity index (χ4n) is 1.63. The Bertz CT molecular complexity index is 340. The number of nitrogens with one attached hydrogen (secondary N) is 1. The number of nitrogens with two attached hydrogens (primary N) is 1. The lowest BCUT2D eigenvalue weighted by Gasteiger charge is -2.14. The minimum atomic E-state index is -3.05. The Balaban J connectivity index is 2.23. The van der Waals surface area contributed by atoms with Crippen molar-refractivity contribution in [3.63, 3.8) is 0 Å². The minimum absolute atomic E-state index is 0.133. The topological polar surface area (TPSA) is 92.5 Å². The van der Waals surface area contributed by atoms with Crippen LogP contribution in [-0.2, 0) is 14.8 Å². The molecule has 1 rings (SSSR count). The van der Waals surface area contributed by atoms with Gasteiger partial charge in [0.2, 0.25) is 15.9 Å². The number of hydrogen-bond donors (Lipinski definition) is 2. The largest absolute Gasteiger partial charge is 0.355 e. The van der Waals surface area contributed by atoms with Gasteiger partial charge in [0.25, 0.3) is 0 Å². The SMILES string of the molecule is CC(N)CC(=O)NCCN1CCCS1(=O)=O. The highest BCUT2D eigenvalue weighted by molar-refractivity contribution is 7.89. The van der Waals surface area contributed by atoms with Crippen LogP contribution in [0.5, 0.6) is 0 Å². The third kappa shape index (κ3) is 4.07. The highest BCUT2D eigenvalue weighted by atomic mass is 32.2. The Morgan fingerprint density at radius 1 is 1.56 bits per heavy atom. The smallest absolute Gasteiger partial charge is 0.221 e. The molecule has 1 atom stereocenters. The average Bonchev–Trinajstić information content (AvgIpc) is 2.44. The molecule has 1 aliphatic heterocycles. The van der Waals surface area contributed by atoms with Gasteiger partial charge in [-0.1, -0.05) is 0 Å². The summed E-state index contributed by atoms with van der Waals surface area (Å²) in [4.78, 5) is 11.2. The van der Waals surface area contributed by atoms with Crippen molar-refractivity contribution in [2.45, 2.75) is 25.8 Å². The number of rotatable bonds is 5. The van der Waals surface area contributed by atoms with Crippen molar-refractivity contribution in [2.24, 2.45) is 5.73 Å². The molecule has 0 saturated carbocycles. The number of amides is 1. The molecule has 6 nitrogen and oxygen atoms in total. The molecule has 0 bridgehead atoms. The zero-order valence-electron chi connectivity index (χ0n) is 9.48. The Hall–Kier alpha value is -0.660. The van der Waals surface area contributed by atoms with Crippen LogP contribution in [-0.4, -0.2) is 50.1 Å². The molecule has 3 N–H and O–H groups in total. The van der Waals surface area contributed by atoms with E-state index < -0.39 is 10.0 Å². The molecular formula is C9H19N3O3S. The van der Waals surface area contributed by atoms with Gasteiger partial charge in [-0.2, -0.15) is 0 Å². The monoisotopic (exact) mass is 249 g/mol. The van der Waals surface area contributed by atoms with E-state index >= 15 is 0 Å². The van der Waals surface area contributed by atoms with E-state index in [9.17, 15) is 13.2 Å². The Morgan fingerprint density at radius 3 is 2.75 bits per heavy atom. The second-order valence-corrected chi connectivity index (χ2v) is 6.19. The second-order valence-electron chi connectivity index (χ2n) is 4.10. The van der Waals surface area contributed by atoms with Crippen LogP contribution in [0.15, 0.2) is 0 Å². The lowest BCUT2D eigenvalue weighted by molar-refractivity contribution is -0.121. The molecular weight excluding hydrogens is 230 g/mol. The number of hydrogen-bond acceptors (Lipinski definition) is 4. The van der Waals surface area contributed by atoms with Crippen molar-refractivity contribution < 1.29 is 13.2 Å². The summed E-state index contributed by atoms with van der Waals surface area (Å²) in [6.07, 6.45) is 0.947. The quantitative estimate of drug-likeness (QED) is 0.645. The number of nitrogens with zero attached hydrogens (tertiary/aromatic N) is 1. The maximum absolute atomic E-state index is 11.4. The zero-order valence-corrected chi connectivity index (χ0v) is 10.3. The van der Waals surface area contributed by atoms with E-state index in [0.29, 0.717) is 26.1 Å². The van der Waals surface area contributed by atoms with E-state index in [1.807, 2.05) is 0 Å². The lowest BCUT2D eigenvalue weighted by atomic mass is 10.2. The van der Waals surface area contributed by atoms with Crippen LogP contribution in [0.25, 0.3) is 0 Å². The Morgan fingerprint density at radius 2 is 2.25 bits per heavy atom. The standard InChI is InChI=1S/C9H19N3O3S/c1-8(10)7-9(13)11-3-5-12-4-2-6-16(12,14)15/h8H,2-7,10H2,1H3,(H,11,13). The van der Waals surface area contributed by atoms with Crippen LogP contribution in [0, 0.1) is 0 Å². The van der Waals surface area contributed by atoms with Gasteiger partial charge in [-0.15, -0.1) is 0 Å². The third-order valence-electron chi connectivity index (χ3n) is 2.39. The summed E-state index contributed by atoms with van der Waals surface area (Å²) < 4.78 is 24.2. The first-order valence-electron chi connectivity index (χ1n) is 5.42. The van der Waals surface area contributed by atoms with Gasteiger partial charge in [-0.05, 0) is 13.3 Å². The molecule has 1 amide bonds. The van der Waals surface area contributed by atoms with Gasteiger partial charge in [0, 0.05) is 32.1 Å². The van der Waals surface area contributed by atoms with Gasteiger partial charge in [0.1, 0.15) is 0 Å². The molecule has 0 aliphatic carbocycles. The van der Waals surface area contributed by atoms with Crippen molar-refractivity contribution in [1.82, 2.24) is 9.62 Å². The van der Waals surface area contributed by atoms with Gasteiger partial charge in [0.05, 0.1) is 5.75 Å². The predicted molar refractivity (Wildman–Crippen MR) is 61.3 cm³/mol. The van der Waals surface area contributed by atoms with Gasteiger partial charge in [0.15, 0.2) is 0 Å². The highest BCUT2D eigenvalue weighted by Gasteiger charge is 2.27. The van der Waals surface area contributed by atoms with Crippen molar-refractivity contribution in [3.8, 4) is 0 Å². The van der Waals surface area contributed by atoms with Crippen LogP contribution in [0.3, 0.4) is 0 Å². The molecule has 1 unspecified atom stereocenters. The Kier molecular flexibility index (Phi) is 4.69. The molecule has 1 aliphatic rings. The van der Waals surface area contributed by atoms with Gasteiger partial charge < -0.3 is 11.1 Å². The van der Waals surface area contributed by atoms with Crippen molar-refractivity contribution in [3.05, 3.63) is 0 Å². The second kappa shape index (κ2) is 5.60. The molecule has 1 saturated heterocycles. The van der Waals surface area contributed by atoms with E-state index in [-0.39, 0.29) is 24.1 Å². The van der Waals surface area contributed by atoms with Crippen LogP contribution < -0.4 is 11.1 Å². The average molecular weight is 249 g/mol. The lowest BCUT2D eigenvalue weighted by Crippen LogP contribution is -2.37. The summed E-state index contributed by atoms with van der Waals surface area (Å²) in [6, 6.07) is -0.171. The molecule has 0 radical (unpaired) electrons. The molecule has 0 aromatic rings. The first-order chi connectivity index (χ1) is 7.42. The summed E-state index contributed by atoms with van der Waals surface area (Å²) in [5.41, 5.74) is 5.46. The summed E-state index contributed by atoms with van der Waals surface area (Å²) in [6.45, 7) is 3.02. The molecule has 0 aromatic heterocycles. The van der Waals surface area contributed by atoms with Gasteiger partial charge in [-0.25, -0.2) is 12.7 Å². The fourth-order valence-corrected chi connectivity index (χ4v) is 3.16. The summed E-state index contributed by atoms with van der Waals surface area (Å²) in [7, 11) is -3.05. The van der Waals surface area contributed by atoms with Crippen LogP contribution in [0.1, 0.15) is 19.8 Å². The minimum Gasteiger partial charge on any atom is -0.355 e. The predicted octanol–water partition coefficient (Wildman–Crippen LogP) is -1.12. The molecule has 7 heteroatoms. The summed E-state index contributed by atoms with van der Waals surface area (Å²) >= 11 is 0. The maximum Gasteiger partial charge on any atom is 0.221 e. The van der Waals surface area contributed by atoms with Crippen LogP contribution in [0.4, 0.5) is 0 Å². The van der Waals surface area contributed by atoms with Crippen molar-refractivity contribution in [2.75, 3.05) is 25.4 Å². The van der Waals surface area contributed by atoms with Crippen LogP contribution >= 0.6 is 0 Å². The molecule has 0 spiro atoms. The first kappa shape index (κ1) is 13.4. The molecule has 16 heavy (non-hydrogen) atoms. The fraction of sp³-hybridized carbons (Fsp3) is 0.889. The number of sulfonamides is 1. The first-order valence-corrected chi connectivity index (χ1v) is 7.03. The number of carbonyl (C=O) groups excluding carboxylic acids is 1. The normalized spacial score (nSPS) is 21.9. The third-order valence-corrected chi connectivity index (χ3v) is 4.35. The van der Waals surface area contributed by atoms with E-state index in [0.717, 1.165) is 0 Å². The van der Waals surface area contributed by atoms with Gasteiger partial charge in [-0.3, -0.25) is 4.79 Å². The van der Waals surface area contributed by atoms with E-state index in [1.165, 1.54) is 4.31 Å². The maximum atomic E-state index is 11.4. The Labute approximate surface area is 96.2 Å². The number of carbonyl (C=O) groups is 1. The van der Waals surface area contributed by atoms with Crippen LogP contribution in [0.2, 0.25) is 0 Å². The summed E-state index contributed by atoms with van der Waals surface area (Å²) in [5, 5.41) is 2.65.